The maximum atomic E-state index is 13.2. The molecule has 0 radical (unpaired) electrons. The highest BCUT2D eigenvalue weighted by atomic mass is 16.2. The molecule has 0 saturated carbocycles. The molecule has 0 unspecified atom stereocenters. The summed E-state index contributed by atoms with van der Waals surface area (Å²) in [5, 5.41) is 5.66. The van der Waals surface area contributed by atoms with E-state index in [0.29, 0.717) is 37.2 Å². The number of nitrogens with zero attached hydrogens (tertiary/aromatic N) is 4. The summed E-state index contributed by atoms with van der Waals surface area (Å²) < 4.78 is 1.89. The molecule has 9 heteroatoms. The number of piperidine rings is 1. The molecule has 0 aliphatic carbocycles. The van der Waals surface area contributed by atoms with E-state index < -0.39 is 0 Å². The van der Waals surface area contributed by atoms with E-state index in [1.165, 1.54) is 0 Å². The number of hydrogen-bond donors (Lipinski definition) is 2. The predicted octanol–water partition coefficient (Wildman–Crippen LogP) is 3.62. The van der Waals surface area contributed by atoms with E-state index in [-0.39, 0.29) is 36.6 Å². The first-order valence-electron chi connectivity index (χ1n) is 12.5. The van der Waals surface area contributed by atoms with E-state index in [2.05, 4.69) is 15.6 Å². The maximum Gasteiger partial charge on any atom is 0.257 e. The van der Waals surface area contributed by atoms with E-state index in [4.69, 9.17) is 4.98 Å². The molecule has 1 saturated heterocycles. The molecule has 3 amide bonds. The van der Waals surface area contributed by atoms with Crippen molar-refractivity contribution in [3.8, 4) is 5.69 Å². The third-order valence-electron chi connectivity index (χ3n) is 6.45. The molecular weight excluding hydrogens is 468 g/mol. The van der Waals surface area contributed by atoms with Gasteiger partial charge >= 0.3 is 0 Å². The summed E-state index contributed by atoms with van der Waals surface area (Å²) >= 11 is 0. The Bertz CT molecular complexity index is 1260. The lowest BCUT2D eigenvalue weighted by atomic mass is 9.89. The second-order valence-corrected chi connectivity index (χ2v) is 9.06. The van der Waals surface area contributed by atoms with Crippen molar-refractivity contribution in [2.45, 2.75) is 39.0 Å². The van der Waals surface area contributed by atoms with Gasteiger partial charge < -0.3 is 20.1 Å². The lowest BCUT2D eigenvalue weighted by Crippen LogP contribution is -2.44. The van der Waals surface area contributed by atoms with Gasteiger partial charge in [-0.2, -0.15) is 0 Å². The molecule has 2 N–H and O–H groups in total. The van der Waals surface area contributed by atoms with E-state index in [0.717, 1.165) is 17.1 Å². The summed E-state index contributed by atoms with van der Waals surface area (Å²) in [6.45, 7) is 4.87. The fourth-order valence-corrected chi connectivity index (χ4v) is 4.39. The number of likely N-dealkylation sites (tertiary alicyclic amines) is 1. The van der Waals surface area contributed by atoms with E-state index in [1.54, 1.807) is 29.6 Å². The van der Waals surface area contributed by atoms with Gasteiger partial charge in [-0.05, 0) is 63.1 Å². The minimum Gasteiger partial charge on any atom is -0.347 e. The van der Waals surface area contributed by atoms with Gasteiger partial charge in [-0.1, -0.05) is 12.2 Å². The molecular formula is C28H32N6O3. The zero-order chi connectivity index (χ0) is 26.2. The fraction of sp³-hybridized carbons (Fsp3) is 0.321. The molecule has 192 valence electrons. The summed E-state index contributed by atoms with van der Waals surface area (Å²) in [5.74, 6) is -0.406. The topological polar surface area (TPSA) is 109 Å². The van der Waals surface area contributed by atoms with Crippen LogP contribution in [-0.2, 0) is 9.59 Å². The number of amides is 3. The number of pyridine rings is 1. The van der Waals surface area contributed by atoms with Gasteiger partial charge in [0, 0.05) is 54.9 Å². The van der Waals surface area contributed by atoms with Crippen LogP contribution in [0.15, 0.2) is 67.3 Å². The second kappa shape index (κ2) is 12.1. The van der Waals surface area contributed by atoms with Crippen LogP contribution in [0.3, 0.4) is 0 Å². The SMILES string of the molecule is CC=CCC(=O)NCC(=O)N1CCC(c2nc(C)ccc2C(=O)Nc2ccc(-n3ccnc3)cc2)CC1. The Balaban J connectivity index is 1.37. The summed E-state index contributed by atoms with van der Waals surface area (Å²) in [6.07, 6.45) is 10.5. The zero-order valence-electron chi connectivity index (χ0n) is 21.2. The Labute approximate surface area is 216 Å². The number of benzene rings is 1. The standard InChI is InChI=1S/C28H32N6O3/c1-3-4-5-25(35)30-18-26(36)33-15-12-21(13-16-33)27-24(11-6-20(2)31-27)28(37)32-22-7-9-23(10-8-22)34-17-14-29-19-34/h3-4,6-11,14,17,19,21H,5,12-13,15-16,18H2,1-2H3,(H,30,35)(H,32,37). The van der Waals surface area contributed by atoms with Crippen LogP contribution in [0.2, 0.25) is 0 Å². The van der Waals surface area contributed by atoms with Gasteiger partial charge in [-0.3, -0.25) is 19.4 Å². The zero-order valence-corrected chi connectivity index (χ0v) is 21.2. The number of nitrogens with one attached hydrogen (secondary N) is 2. The molecule has 4 rings (SSSR count). The lowest BCUT2D eigenvalue weighted by molar-refractivity contribution is -0.133. The molecule has 2 aromatic heterocycles. The number of imidazole rings is 1. The van der Waals surface area contributed by atoms with Gasteiger partial charge in [0.1, 0.15) is 0 Å². The summed E-state index contributed by atoms with van der Waals surface area (Å²) in [4.78, 5) is 48.1. The van der Waals surface area contributed by atoms with Crippen molar-refractivity contribution in [2.24, 2.45) is 0 Å². The number of rotatable bonds is 8. The predicted molar refractivity (Wildman–Crippen MR) is 141 cm³/mol. The molecule has 9 nitrogen and oxygen atoms in total. The number of carbonyl (C=O) groups excluding carboxylic acids is 3. The number of aryl methyl sites for hydroxylation is 1. The minimum absolute atomic E-state index is 0.00293. The number of hydrogen-bond acceptors (Lipinski definition) is 5. The Morgan fingerprint density at radius 2 is 1.84 bits per heavy atom. The van der Waals surface area contributed by atoms with Gasteiger partial charge in [-0.15, -0.1) is 0 Å². The van der Waals surface area contributed by atoms with E-state index >= 15 is 0 Å². The van der Waals surface area contributed by atoms with Crippen LogP contribution in [0.5, 0.6) is 0 Å². The highest BCUT2D eigenvalue weighted by molar-refractivity contribution is 6.05. The van der Waals surface area contributed by atoms with Crippen LogP contribution in [0.25, 0.3) is 5.69 Å². The van der Waals surface area contributed by atoms with Crippen LogP contribution < -0.4 is 10.6 Å². The van der Waals surface area contributed by atoms with E-state index in [9.17, 15) is 14.4 Å². The van der Waals surface area contributed by atoms with Gasteiger partial charge in [0.25, 0.3) is 5.91 Å². The summed E-state index contributed by atoms with van der Waals surface area (Å²) in [7, 11) is 0. The first-order valence-corrected chi connectivity index (χ1v) is 12.5. The number of aromatic nitrogens is 3. The normalized spacial score (nSPS) is 14.1. The van der Waals surface area contributed by atoms with E-state index in [1.807, 2.05) is 61.0 Å². The van der Waals surface area contributed by atoms with Gasteiger partial charge in [0.2, 0.25) is 11.8 Å². The third kappa shape index (κ3) is 6.69. The van der Waals surface area contributed by atoms with Crippen LogP contribution >= 0.6 is 0 Å². The van der Waals surface area contributed by atoms with Crippen LogP contribution in [-0.4, -0.2) is 56.8 Å². The van der Waals surface area contributed by atoms with Crippen molar-refractivity contribution < 1.29 is 14.4 Å². The highest BCUT2D eigenvalue weighted by Gasteiger charge is 2.28. The lowest BCUT2D eigenvalue weighted by Gasteiger charge is -2.32. The van der Waals surface area contributed by atoms with Crippen molar-refractivity contribution in [1.82, 2.24) is 24.8 Å². The van der Waals surface area contributed by atoms with Gasteiger partial charge in [0.05, 0.1) is 24.1 Å². The highest BCUT2D eigenvalue weighted by Crippen LogP contribution is 2.30. The Morgan fingerprint density at radius 3 is 2.51 bits per heavy atom. The molecule has 1 aliphatic heterocycles. The molecule has 1 aliphatic rings. The Kier molecular flexibility index (Phi) is 8.45. The molecule has 3 aromatic rings. The van der Waals surface area contributed by atoms with Crippen molar-refractivity contribution >= 4 is 23.4 Å². The summed E-state index contributed by atoms with van der Waals surface area (Å²) in [5.41, 5.74) is 3.80. The van der Waals surface area contributed by atoms with Gasteiger partial charge in [0.15, 0.2) is 0 Å². The Morgan fingerprint density at radius 1 is 1.08 bits per heavy atom. The molecule has 1 aromatic carbocycles. The largest absolute Gasteiger partial charge is 0.347 e. The van der Waals surface area contributed by atoms with Crippen molar-refractivity contribution in [1.29, 1.82) is 0 Å². The van der Waals surface area contributed by atoms with Crippen LogP contribution in [0, 0.1) is 6.92 Å². The molecule has 37 heavy (non-hydrogen) atoms. The third-order valence-corrected chi connectivity index (χ3v) is 6.45. The van der Waals surface area contributed by atoms with Crippen LogP contribution in [0.1, 0.15) is 53.8 Å². The molecule has 1 fully saturated rings. The first kappa shape index (κ1) is 25.8. The monoisotopic (exact) mass is 500 g/mol. The van der Waals surface area contributed by atoms with Crippen molar-refractivity contribution in [3.63, 3.8) is 0 Å². The molecule has 0 spiro atoms. The number of carbonyl (C=O) groups is 3. The van der Waals surface area contributed by atoms with Crippen molar-refractivity contribution in [3.05, 3.63) is 84.2 Å². The first-order chi connectivity index (χ1) is 17.9. The fourth-order valence-electron chi connectivity index (χ4n) is 4.39. The Hall–Kier alpha value is -4.27. The van der Waals surface area contributed by atoms with Gasteiger partial charge in [-0.25, -0.2) is 4.98 Å². The minimum atomic E-state index is -0.208. The average Bonchev–Trinajstić information content (AvgIpc) is 3.46. The number of allylic oxidation sites excluding steroid dienone is 1. The molecule has 3 heterocycles. The average molecular weight is 501 g/mol. The summed E-state index contributed by atoms with van der Waals surface area (Å²) in [6, 6.07) is 11.2. The number of anilines is 1. The maximum absolute atomic E-state index is 13.2. The molecule has 0 atom stereocenters. The quantitative estimate of drug-likeness (QED) is 0.459. The van der Waals surface area contributed by atoms with Crippen LogP contribution in [0.4, 0.5) is 5.69 Å². The smallest absolute Gasteiger partial charge is 0.257 e. The molecule has 0 bridgehead atoms. The van der Waals surface area contributed by atoms with Crippen molar-refractivity contribution in [2.75, 3.05) is 25.0 Å². The second-order valence-electron chi connectivity index (χ2n) is 9.06.